The lowest BCUT2D eigenvalue weighted by atomic mass is 10.2. The Morgan fingerprint density at radius 1 is 1.58 bits per heavy atom. The first-order chi connectivity index (χ1) is 9.02. The van der Waals surface area contributed by atoms with Gasteiger partial charge < -0.3 is 4.74 Å². The van der Waals surface area contributed by atoms with E-state index in [9.17, 15) is 4.79 Å². The summed E-state index contributed by atoms with van der Waals surface area (Å²) >= 11 is 9.56. The molecule has 19 heavy (non-hydrogen) atoms. The lowest BCUT2D eigenvalue weighted by molar-refractivity contribution is -0.122. The van der Waals surface area contributed by atoms with Crippen molar-refractivity contribution in [3.05, 3.63) is 33.1 Å². The summed E-state index contributed by atoms with van der Waals surface area (Å²) in [7, 11) is 0. The van der Waals surface area contributed by atoms with Gasteiger partial charge in [0.15, 0.2) is 4.32 Å². The van der Waals surface area contributed by atoms with E-state index in [0.717, 1.165) is 15.0 Å². The van der Waals surface area contributed by atoms with Crippen LogP contribution in [0.4, 0.5) is 0 Å². The van der Waals surface area contributed by atoms with Gasteiger partial charge in [-0.1, -0.05) is 39.9 Å². The zero-order valence-corrected chi connectivity index (χ0v) is 13.3. The number of carbonyl (C=O) groups is 1. The quantitative estimate of drug-likeness (QED) is 0.389. The van der Waals surface area contributed by atoms with E-state index in [0.29, 0.717) is 21.6 Å². The average Bonchev–Trinajstić information content (AvgIpc) is 2.61. The number of hydrogen-bond acceptors (Lipinski definition) is 5. The summed E-state index contributed by atoms with van der Waals surface area (Å²) in [6, 6.07) is 5.62. The maximum atomic E-state index is 11.8. The highest BCUT2D eigenvalue weighted by atomic mass is 79.9. The van der Waals surface area contributed by atoms with Crippen molar-refractivity contribution in [2.24, 2.45) is 5.84 Å². The van der Waals surface area contributed by atoms with E-state index in [2.05, 4.69) is 15.9 Å². The van der Waals surface area contributed by atoms with Gasteiger partial charge in [0.1, 0.15) is 5.75 Å². The van der Waals surface area contributed by atoms with E-state index < -0.39 is 0 Å². The van der Waals surface area contributed by atoms with Crippen LogP contribution in [-0.4, -0.2) is 21.8 Å². The van der Waals surface area contributed by atoms with Crippen LogP contribution in [0.5, 0.6) is 5.75 Å². The zero-order chi connectivity index (χ0) is 14.0. The van der Waals surface area contributed by atoms with Crippen LogP contribution < -0.4 is 10.6 Å². The molecule has 1 aromatic carbocycles. The minimum absolute atomic E-state index is 0.294. The Morgan fingerprint density at radius 2 is 2.32 bits per heavy atom. The van der Waals surface area contributed by atoms with Crippen LogP contribution in [0.1, 0.15) is 12.5 Å². The van der Waals surface area contributed by atoms with Gasteiger partial charge in [0, 0.05) is 10.0 Å². The van der Waals surface area contributed by atoms with Crippen molar-refractivity contribution in [3.8, 4) is 5.75 Å². The summed E-state index contributed by atoms with van der Waals surface area (Å²) in [5.41, 5.74) is 0.810. The molecule has 0 aliphatic carbocycles. The van der Waals surface area contributed by atoms with Crippen molar-refractivity contribution in [2.75, 3.05) is 6.61 Å². The third kappa shape index (κ3) is 3.17. The van der Waals surface area contributed by atoms with Crippen molar-refractivity contribution in [1.29, 1.82) is 0 Å². The average molecular weight is 359 g/mol. The number of nitrogens with two attached hydrogens (primary N) is 1. The third-order valence-corrected chi connectivity index (χ3v) is 4.21. The lowest BCUT2D eigenvalue weighted by Gasteiger charge is -2.08. The number of amides is 1. The number of halogens is 1. The molecule has 0 unspecified atom stereocenters. The van der Waals surface area contributed by atoms with Crippen LogP contribution in [0.3, 0.4) is 0 Å². The molecule has 1 heterocycles. The predicted octanol–water partition coefficient (Wildman–Crippen LogP) is 2.92. The van der Waals surface area contributed by atoms with Gasteiger partial charge in [-0.05, 0) is 31.2 Å². The number of hydrogen-bond donors (Lipinski definition) is 1. The van der Waals surface area contributed by atoms with Crippen LogP contribution in [0, 0.1) is 0 Å². The number of benzene rings is 1. The maximum absolute atomic E-state index is 11.8. The summed E-state index contributed by atoms with van der Waals surface area (Å²) in [4.78, 5) is 12.3. The molecule has 0 saturated carbocycles. The van der Waals surface area contributed by atoms with E-state index >= 15 is 0 Å². The molecule has 1 aromatic rings. The molecule has 0 atom stereocenters. The number of hydrazine groups is 1. The van der Waals surface area contributed by atoms with Gasteiger partial charge in [-0.15, -0.1) is 0 Å². The fourth-order valence-electron chi connectivity index (χ4n) is 1.54. The molecule has 2 rings (SSSR count). The van der Waals surface area contributed by atoms with Gasteiger partial charge in [0.05, 0.1) is 11.5 Å². The van der Waals surface area contributed by atoms with Crippen LogP contribution in [0.25, 0.3) is 6.08 Å². The van der Waals surface area contributed by atoms with Gasteiger partial charge in [-0.3, -0.25) is 4.79 Å². The number of thioether (sulfide) groups is 1. The predicted molar refractivity (Wildman–Crippen MR) is 84.5 cm³/mol. The second kappa shape index (κ2) is 6.04. The smallest absolute Gasteiger partial charge is 0.280 e. The Balaban J connectivity index is 2.40. The first-order valence-corrected chi connectivity index (χ1v) is 7.49. The monoisotopic (exact) mass is 358 g/mol. The zero-order valence-electron chi connectivity index (χ0n) is 10.1. The Kier molecular flexibility index (Phi) is 4.62. The van der Waals surface area contributed by atoms with Crippen LogP contribution in [0.15, 0.2) is 27.6 Å². The highest BCUT2D eigenvalue weighted by Gasteiger charge is 2.29. The first kappa shape index (κ1) is 14.5. The molecule has 1 amide bonds. The van der Waals surface area contributed by atoms with E-state index in [1.165, 1.54) is 11.8 Å². The number of nitrogens with zero attached hydrogens (tertiary/aromatic N) is 1. The van der Waals surface area contributed by atoms with E-state index in [1.807, 2.05) is 25.1 Å². The SMILES string of the molecule is CCOc1ccc(Br)cc1C=C1SC(=S)N(N)C1=O. The van der Waals surface area contributed by atoms with Crippen molar-refractivity contribution in [1.82, 2.24) is 5.01 Å². The normalized spacial score (nSPS) is 17.4. The fourth-order valence-corrected chi connectivity index (χ4v) is 3.01. The minimum Gasteiger partial charge on any atom is -0.493 e. The van der Waals surface area contributed by atoms with Gasteiger partial charge in [-0.2, -0.15) is 0 Å². The molecular formula is C12H11BrN2O2S2. The summed E-state index contributed by atoms with van der Waals surface area (Å²) in [5, 5.41) is 0.976. The lowest BCUT2D eigenvalue weighted by Crippen LogP contribution is -2.34. The molecular weight excluding hydrogens is 348 g/mol. The number of thiocarbonyl (C=S) groups is 1. The number of carbonyl (C=O) groups excluding carboxylic acids is 1. The Morgan fingerprint density at radius 3 is 2.89 bits per heavy atom. The molecule has 1 fully saturated rings. The standard InChI is InChI=1S/C12H11BrN2O2S2/c1-2-17-9-4-3-8(13)5-7(9)6-10-11(16)15(14)12(18)19-10/h3-6H,2,14H2,1H3. The second-order valence-electron chi connectivity index (χ2n) is 3.67. The summed E-state index contributed by atoms with van der Waals surface area (Å²) < 4.78 is 6.79. The summed E-state index contributed by atoms with van der Waals surface area (Å²) in [6.07, 6.45) is 1.74. The van der Waals surface area contributed by atoms with Crippen LogP contribution in [0.2, 0.25) is 0 Å². The van der Waals surface area contributed by atoms with Gasteiger partial charge >= 0.3 is 0 Å². The molecule has 1 saturated heterocycles. The van der Waals surface area contributed by atoms with Crippen LogP contribution in [-0.2, 0) is 4.79 Å². The number of rotatable bonds is 3. The summed E-state index contributed by atoms with van der Waals surface area (Å²) in [6.45, 7) is 2.46. The Labute approximate surface area is 129 Å². The van der Waals surface area contributed by atoms with Crippen LogP contribution >= 0.6 is 39.9 Å². The third-order valence-electron chi connectivity index (χ3n) is 2.38. The van der Waals surface area contributed by atoms with E-state index in [4.69, 9.17) is 22.8 Å². The number of ether oxygens (including phenoxy) is 1. The molecule has 100 valence electrons. The Bertz CT molecular complexity index is 575. The van der Waals surface area contributed by atoms with Crippen molar-refractivity contribution < 1.29 is 9.53 Å². The van der Waals surface area contributed by atoms with Gasteiger partial charge in [0.25, 0.3) is 5.91 Å². The molecule has 1 aliphatic heterocycles. The maximum Gasteiger partial charge on any atom is 0.280 e. The highest BCUT2D eigenvalue weighted by Crippen LogP contribution is 2.33. The molecule has 2 N–H and O–H groups in total. The molecule has 7 heteroatoms. The largest absolute Gasteiger partial charge is 0.493 e. The van der Waals surface area contributed by atoms with Gasteiger partial charge in [-0.25, -0.2) is 10.9 Å². The molecule has 1 aliphatic rings. The topological polar surface area (TPSA) is 55.6 Å². The molecule has 0 spiro atoms. The first-order valence-electron chi connectivity index (χ1n) is 5.48. The van der Waals surface area contributed by atoms with E-state index in [1.54, 1.807) is 6.08 Å². The molecule has 0 radical (unpaired) electrons. The van der Waals surface area contributed by atoms with Crippen molar-refractivity contribution in [3.63, 3.8) is 0 Å². The second-order valence-corrected chi connectivity index (χ2v) is 6.26. The Hall–Kier alpha value is -0.890. The minimum atomic E-state index is -0.294. The van der Waals surface area contributed by atoms with Crippen molar-refractivity contribution in [2.45, 2.75) is 6.92 Å². The highest BCUT2D eigenvalue weighted by molar-refractivity contribution is 9.10. The van der Waals surface area contributed by atoms with E-state index in [-0.39, 0.29) is 5.91 Å². The molecule has 4 nitrogen and oxygen atoms in total. The summed E-state index contributed by atoms with van der Waals surface area (Å²) in [5.74, 6) is 5.95. The molecule has 0 bridgehead atoms. The van der Waals surface area contributed by atoms with Gasteiger partial charge in [0.2, 0.25) is 0 Å². The molecule has 0 aromatic heterocycles. The van der Waals surface area contributed by atoms with Crippen molar-refractivity contribution >= 4 is 56.2 Å². The fraction of sp³-hybridized carbons (Fsp3) is 0.167.